The van der Waals surface area contributed by atoms with E-state index in [9.17, 15) is 9.90 Å². The van der Waals surface area contributed by atoms with Gasteiger partial charge in [0.25, 0.3) is 0 Å². The molecule has 0 aliphatic carbocycles. The zero-order valence-corrected chi connectivity index (χ0v) is 23.8. The van der Waals surface area contributed by atoms with Gasteiger partial charge in [-0.15, -0.1) is 0 Å². The Balaban J connectivity index is 1.28. The molecule has 4 atom stereocenters. The van der Waals surface area contributed by atoms with Gasteiger partial charge in [-0.2, -0.15) is 0 Å². The third kappa shape index (κ3) is 7.39. The average Bonchev–Trinajstić information content (AvgIpc) is 3.02. The summed E-state index contributed by atoms with van der Waals surface area (Å²) < 4.78 is 13.2. The molecule has 0 radical (unpaired) electrons. The van der Waals surface area contributed by atoms with Gasteiger partial charge in [-0.05, 0) is 29.7 Å². The van der Waals surface area contributed by atoms with Gasteiger partial charge in [0.1, 0.15) is 0 Å². The van der Waals surface area contributed by atoms with Crippen LogP contribution in [0.25, 0.3) is 0 Å². The van der Waals surface area contributed by atoms with Crippen molar-refractivity contribution < 1.29 is 19.4 Å². The molecule has 10 heteroatoms. The number of aliphatic hydroxyl groups is 1. The van der Waals surface area contributed by atoms with E-state index in [2.05, 4.69) is 37.3 Å². The van der Waals surface area contributed by atoms with Crippen molar-refractivity contribution in [2.24, 2.45) is 5.92 Å². The van der Waals surface area contributed by atoms with Gasteiger partial charge in [0, 0.05) is 69.7 Å². The van der Waals surface area contributed by atoms with Crippen LogP contribution in [0, 0.1) is 5.92 Å². The number of anilines is 1. The van der Waals surface area contributed by atoms with Crippen LogP contribution in [0.3, 0.4) is 0 Å². The molecule has 0 saturated carbocycles. The molecule has 3 aromatic rings. The van der Waals surface area contributed by atoms with Crippen molar-refractivity contribution in [2.75, 3.05) is 44.2 Å². The van der Waals surface area contributed by atoms with E-state index in [1.54, 1.807) is 12.4 Å². The van der Waals surface area contributed by atoms with Crippen LogP contribution in [-0.4, -0.2) is 71.4 Å². The molecule has 218 valence electrons. The number of piperazine rings is 1. The molecule has 2 aromatic carbocycles. The standard InChI is InChI=1S/C31H40N6O4/c1-3-32-31(39)35-19-23-5-11-26(12-6-23)29-40-27(22(2)28(41-29)25-9-7-24(21-38)8-10-25)20-36-15-17-37(18-16-36)30-33-13-4-14-34-30/h4-14,22,27-29,38H,3,15-21H2,1-2H3,(H2,32,35,39)/t22-,27+,28+,29?/m0/s1. The monoisotopic (exact) mass is 560 g/mol. The van der Waals surface area contributed by atoms with Crippen molar-refractivity contribution in [1.82, 2.24) is 25.5 Å². The first-order valence-electron chi connectivity index (χ1n) is 14.4. The predicted octanol–water partition coefficient (Wildman–Crippen LogP) is 3.40. The summed E-state index contributed by atoms with van der Waals surface area (Å²) >= 11 is 0. The summed E-state index contributed by atoms with van der Waals surface area (Å²) in [5.74, 6) is 0.890. The van der Waals surface area contributed by atoms with Gasteiger partial charge in [0.15, 0.2) is 6.29 Å². The molecule has 2 aliphatic rings. The van der Waals surface area contributed by atoms with E-state index in [4.69, 9.17) is 9.47 Å². The Morgan fingerprint density at radius 1 is 0.927 bits per heavy atom. The number of nitrogens with one attached hydrogen (secondary N) is 2. The summed E-state index contributed by atoms with van der Waals surface area (Å²) in [6, 6.07) is 17.7. The fourth-order valence-corrected chi connectivity index (χ4v) is 5.37. The highest BCUT2D eigenvalue weighted by Crippen LogP contribution is 2.42. The first-order chi connectivity index (χ1) is 20.0. The highest BCUT2D eigenvalue weighted by molar-refractivity contribution is 5.73. The summed E-state index contributed by atoms with van der Waals surface area (Å²) in [6.45, 7) is 9.45. The summed E-state index contributed by atoms with van der Waals surface area (Å²) in [5, 5.41) is 15.1. The minimum absolute atomic E-state index is 0.0109. The van der Waals surface area contributed by atoms with Crippen LogP contribution in [-0.2, 0) is 22.6 Å². The number of urea groups is 1. The van der Waals surface area contributed by atoms with E-state index < -0.39 is 6.29 Å². The van der Waals surface area contributed by atoms with Crippen LogP contribution in [0.5, 0.6) is 0 Å². The van der Waals surface area contributed by atoms with Crippen LogP contribution in [0.15, 0.2) is 67.0 Å². The smallest absolute Gasteiger partial charge is 0.315 e. The van der Waals surface area contributed by atoms with Crippen molar-refractivity contribution in [2.45, 2.75) is 45.5 Å². The van der Waals surface area contributed by atoms with Crippen LogP contribution in [0.4, 0.5) is 10.7 Å². The highest BCUT2D eigenvalue weighted by Gasteiger charge is 2.39. The Morgan fingerprint density at radius 2 is 1.59 bits per heavy atom. The molecule has 2 fully saturated rings. The summed E-state index contributed by atoms with van der Waals surface area (Å²) in [7, 11) is 0. The van der Waals surface area contributed by atoms with Crippen molar-refractivity contribution in [3.63, 3.8) is 0 Å². The van der Waals surface area contributed by atoms with E-state index in [1.165, 1.54) is 0 Å². The molecular weight excluding hydrogens is 520 g/mol. The second-order valence-corrected chi connectivity index (χ2v) is 10.6. The van der Waals surface area contributed by atoms with E-state index in [0.29, 0.717) is 13.1 Å². The Bertz CT molecular complexity index is 1240. The SMILES string of the molecule is CCNC(=O)NCc1ccc(C2O[C@H](CN3CCN(c4ncccn4)CC3)[C@H](C)[C@H](c3ccc(CO)cc3)O2)cc1. The molecule has 5 rings (SSSR count). The molecule has 3 N–H and O–H groups in total. The summed E-state index contributed by atoms with van der Waals surface area (Å²) in [5.41, 5.74) is 3.88. The fraction of sp³-hybridized carbons (Fsp3) is 0.452. The molecule has 2 saturated heterocycles. The number of nitrogens with zero attached hydrogens (tertiary/aromatic N) is 4. The number of aromatic nitrogens is 2. The molecule has 2 amide bonds. The Kier molecular flexibility index (Phi) is 9.79. The minimum atomic E-state index is -0.525. The maximum atomic E-state index is 11.8. The molecule has 2 aliphatic heterocycles. The first kappa shape index (κ1) is 28.9. The minimum Gasteiger partial charge on any atom is -0.392 e. The van der Waals surface area contributed by atoms with E-state index >= 15 is 0 Å². The Morgan fingerprint density at radius 3 is 2.24 bits per heavy atom. The van der Waals surface area contributed by atoms with Crippen molar-refractivity contribution in [3.8, 4) is 0 Å². The lowest BCUT2D eigenvalue weighted by atomic mass is 9.90. The van der Waals surface area contributed by atoms with Crippen molar-refractivity contribution in [1.29, 1.82) is 0 Å². The van der Waals surface area contributed by atoms with Gasteiger partial charge < -0.3 is 30.1 Å². The zero-order valence-electron chi connectivity index (χ0n) is 23.8. The van der Waals surface area contributed by atoms with E-state index in [0.717, 1.165) is 60.9 Å². The van der Waals surface area contributed by atoms with Gasteiger partial charge in [-0.25, -0.2) is 14.8 Å². The molecule has 1 unspecified atom stereocenters. The third-order valence-electron chi connectivity index (χ3n) is 7.81. The normalized spacial score (nSPS) is 23.2. The number of amides is 2. The van der Waals surface area contributed by atoms with Gasteiger partial charge in [-0.1, -0.05) is 55.5 Å². The number of carbonyl (C=O) groups excluding carboxylic acids is 1. The lowest BCUT2D eigenvalue weighted by Gasteiger charge is -2.44. The first-order valence-corrected chi connectivity index (χ1v) is 14.4. The van der Waals surface area contributed by atoms with Crippen LogP contribution in [0.1, 0.15) is 48.5 Å². The molecular formula is C31H40N6O4. The lowest BCUT2D eigenvalue weighted by Crippen LogP contribution is -2.51. The zero-order chi connectivity index (χ0) is 28.6. The van der Waals surface area contributed by atoms with E-state index in [1.807, 2.05) is 61.5 Å². The van der Waals surface area contributed by atoms with Crippen molar-refractivity contribution >= 4 is 12.0 Å². The number of hydrogen-bond donors (Lipinski definition) is 3. The largest absolute Gasteiger partial charge is 0.392 e. The summed E-state index contributed by atoms with van der Waals surface area (Å²) in [6.07, 6.45) is 2.83. The van der Waals surface area contributed by atoms with Crippen LogP contribution >= 0.6 is 0 Å². The number of ether oxygens (including phenoxy) is 2. The Hall–Kier alpha value is -3.57. The van der Waals surface area contributed by atoms with Crippen LogP contribution < -0.4 is 15.5 Å². The lowest BCUT2D eigenvalue weighted by molar-refractivity contribution is -0.276. The quantitative estimate of drug-likeness (QED) is 0.365. The van der Waals surface area contributed by atoms with Gasteiger partial charge in [0.2, 0.25) is 5.95 Å². The van der Waals surface area contributed by atoms with Crippen LogP contribution in [0.2, 0.25) is 0 Å². The number of rotatable bonds is 9. The van der Waals surface area contributed by atoms with Gasteiger partial charge >= 0.3 is 6.03 Å². The van der Waals surface area contributed by atoms with Gasteiger partial charge in [-0.3, -0.25) is 4.90 Å². The average molecular weight is 561 g/mol. The molecule has 1 aromatic heterocycles. The molecule has 10 nitrogen and oxygen atoms in total. The van der Waals surface area contributed by atoms with Gasteiger partial charge in [0.05, 0.1) is 18.8 Å². The Labute approximate surface area is 241 Å². The molecule has 0 bridgehead atoms. The number of hydrogen-bond acceptors (Lipinski definition) is 8. The summed E-state index contributed by atoms with van der Waals surface area (Å²) in [4.78, 5) is 25.3. The number of carbonyl (C=O) groups is 1. The topological polar surface area (TPSA) is 112 Å². The predicted molar refractivity (Wildman–Crippen MR) is 156 cm³/mol. The second kappa shape index (κ2) is 13.9. The highest BCUT2D eigenvalue weighted by atomic mass is 16.7. The molecule has 0 spiro atoms. The molecule has 3 heterocycles. The second-order valence-electron chi connectivity index (χ2n) is 10.6. The number of aliphatic hydroxyl groups excluding tert-OH is 1. The molecule has 41 heavy (non-hydrogen) atoms. The maximum Gasteiger partial charge on any atom is 0.315 e. The van der Waals surface area contributed by atoms with E-state index in [-0.39, 0.29) is 30.8 Å². The third-order valence-corrected chi connectivity index (χ3v) is 7.81. The fourth-order valence-electron chi connectivity index (χ4n) is 5.37. The number of benzene rings is 2. The maximum absolute atomic E-state index is 11.8. The van der Waals surface area contributed by atoms with Crippen molar-refractivity contribution in [3.05, 3.63) is 89.2 Å².